The summed E-state index contributed by atoms with van der Waals surface area (Å²) in [6, 6.07) is 18.2. The molecule has 41 heavy (non-hydrogen) atoms. The van der Waals surface area contributed by atoms with E-state index in [4.69, 9.17) is 27.9 Å². The summed E-state index contributed by atoms with van der Waals surface area (Å²) in [7, 11) is -1.84. The highest BCUT2D eigenvalue weighted by Gasteiger charge is 2.31. The number of nitrogens with one attached hydrogen (secondary N) is 1. The standard InChI is InChI=1S/C30H35Cl2N3O5S/c1-20-16-35(21(2)19-36)30(37)15-23-14-24(33-41(38,39)25-7-5-4-6-8-25)10-12-28(23)40-29(20)18-34(3)17-22-9-11-26(31)27(32)13-22/h4-14,20-21,29,33,36H,15-19H2,1-3H3/t20-,21-,29-/m0/s1. The molecule has 1 amide bonds. The molecule has 1 aliphatic heterocycles. The smallest absolute Gasteiger partial charge is 0.261 e. The minimum absolute atomic E-state index is 0.000862. The second-order valence-corrected chi connectivity index (χ2v) is 13.1. The van der Waals surface area contributed by atoms with Crippen molar-refractivity contribution in [3.05, 3.63) is 87.9 Å². The highest BCUT2D eigenvalue weighted by Crippen LogP contribution is 2.30. The fourth-order valence-electron chi connectivity index (χ4n) is 4.85. The van der Waals surface area contributed by atoms with E-state index >= 15 is 0 Å². The minimum Gasteiger partial charge on any atom is -0.488 e. The van der Waals surface area contributed by atoms with Crippen LogP contribution in [0.3, 0.4) is 0 Å². The number of ether oxygens (including phenoxy) is 1. The van der Waals surface area contributed by atoms with Crippen molar-refractivity contribution >= 4 is 44.8 Å². The van der Waals surface area contributed by atoms with Crippen molar-refractivity contribution in [1.82, 2.24) is 9.80 Å². The van der Waals surface area contributed by atoms with Crippen molar-refractivity contribution in [2.24, 2.45) is 5.92 Å². The number of sulfonamides is 1. The van der Waals surface area contributed by atoms with Crippen LogP contribution in [-0.4, -0.2) is 68.1 Å². The van der Waals surface area contributed by atoms with Crippen LogP contribution in [0.1, 0.15) is 25.0 Å². The maximum atomic E-state index is 13.5. The molecule has 0 saturated heterocycles. The Morgan fingerprint density at radius 2 is 1.83 bits per heavy atom. The Balaban J connectivity index is 1.62. The van der Waals surface area contributed by atoms with Crippen molar-refractivity contribution in [1.29, 1.82) is 0 Å². The maximum absolute atomic E-state index is 13.5. The molecule has 0 aliphatic carbocycles. The van der Waals surface area contributed by atoms with E-state index in [1.54, 1.807) is 54.3 Å². The Morgan fingerprint density at radius 3 is 2.51 bits per heavy atom. The van der Waals surface area contributed by atoms with E-state index < -0.39 is 10.0 Å². The van der Waals surface area contributed by atoms with Crippen LogP contribution >= 0.6 is 23.2 Å². The van der Waals surface area contributed by atoms with Crippen LogP contribution in [0, 0.1) is 5.92 Å². The second kappa shape index (κ2) is 13.4. The molecule has 3 aromatic rings. The van der Waals surface area contributed by atoms with Crippen LogP contribution in [0.25, 0.3) is 0 Å². The fraction of sp³-hybridized carbons (Fsp3) is 0.367. The van der Waals surface area contributed by atoms with Gasteiger partial charge in [0.1, 0.15) is 11.9 Å². The molecule has 1 aliphatic rings. The van der Waals surface area contributed by atoms with Crippen LogP contribution in [0.15, 0.2) is 71.6 Å². The second-order valence-electron chi connectivity index (χ2n) is 10.6. The number of halogens is 2. The number of aliphatic hydroxyl groups excluding tert-OH is 1. The number of hydrogen-bond donors (Lipinski definition) is 2. The minimum atomic E-state index is -3.82. The maximum Gasteiger partial charge on any atom is 0.261 e. The van der Waals surface area contributed by atoms with Gasteiger partial charge in [0.2, 0.25) is 5.91 Å². The Labute approximate surface area is 251 Å². The summed E-state index contributed by atoms with van der Waals surface area (Å²) in [5.41, 5.74) is 1.88. The lowest BCUT2D eigenvalue weighted by molar-refractivity contribution is -0.134. The number of benzene rings is 3. The molecule has 2 N–H and O–H groups in total. The number of amides is 1. The summed E-state index contributed by atoms with van der Waals surface area (Å²) < 4.78 is 35.0. The lowest BCUT2D eigenvalue weighted by atomic mass is 10.0. The SMILES string of the molecule is C[C@H]1CN([C@@H](C)CO)C(=O)Cc2cc(NS(=O)(=O)c3ccccc3)ccc2O[C@H]1CN(C)Cc1ccc(Cl)c(Cl)c1. The van der Waals surface area contributed by atoms with Gasteiger partial charge in [0.25, 0.3) is 10.0 Å². The number of carbonyl (C=O) groups excluding carboxylic acids is 1. The Bertz CT molecular complexity index is 1470. The number of hydrogen-bond acceptors (Lipinski definition) is 6. The quantitative estimate of drug-likeness (QED) is 0.347. The zero-order valence-corrected chi connectivity index (χ0v) is 25.6. The Morgan fingerprint density at radius 1 is 1.10 bits per heavy atom. The van der Waals surface area contributed by atoms with Gasteiger partial charge >= 0.3 is 0 Å². The van der Waals surface area contributed by atoms with Gasteiger partial charge in [0, 0.05) is 36.8 Å². The molecule has 0 spiro atoms. The average Bonchev–Trinajstić information content (AvgIpc) is 2.98. The number of nitrogens with zero attached hydrogens (tertiary/aromatic N) is 2. The van der Waals surface area contributed by atoms with Crippen molar-refractivity contribution in [2.45, 2.75) is 43.9 Å². The van der Waals surface area contributed by atoms with Gasteiger partial charge in [0.05, 0.1) is 34.0 Å². The molecule has 0 aromatic heterocycles. The number of rotatable bonds is 9. The van der Waals surface area contributed by atoms with Crippen LogP contribution in [0.4, 0.5) is 5.69 Å². The molecule has 0 unspecified atom stereocenters. The van der Waals surface area contributed by atoms with E-state index in [-0.39, 0.29) is 41.9 Å². The first-order valence-corrected chi connectivity index (χ1v) is 15.6. The van der Waals surface area contributed by atoms with E-state index in [1.807, 2.05) is 26.1 Å². The Hall–Kier alpha value is -2.82. The van der Waals surface area contributed by atoms with Crippen LogP contribution in [0.5, 0.6) is 5.75 Å². The monoisotopic (exact) mass is 619 g/mol. The zero-order chi connectivity index (χ0) is 29.7. The van der Waals surface area contributed by atoms with Gasteiger partial charge in [-0.05, 0) is 62.0 Å². The van der Waals surface area contributed by atoms with Crippen molar-refractivity contribution in [3.63, 3.8) is 0 Å². The molecular weight excluding hydrogens is 585 g/mol. The van der Waals surface area contributed by atoms with Crippen molar-refractivity contribution < 1.29 is 23.1 Å². The third-order valence-corrected chi connectivity index (χ3v) is 9.29. The van der Waals surface area contributed by atoms with E-state index in [1.165, 1.54) is 12.1 Å². The molecule has 0 saturated carbocycles. The zero-order valence-electron chi connectivity index (χ0n) is 23.3. The van der Waals surface area contributed by atoms with Crippen LogP contribution < -0.4 is 9.46 Å². The molecule has 1 heterocycles. The van der Waals surface area contributed by atoms with Gasteiger partial charge in [-0.25, -0.2) is 8.42 Å². The normalized spacial score (nSPS) is 18.6. The summed E-state index contributed by atoms with van der Waals surface area (Å²) >= 11 is 12.3. The number of aliphatic hydroxyl groups is 1. The first-order valence-electron chi connectivity index (χ1n) is 13.4. The third-order valence-electron chi connectivity index (χ3n) is 7.15. The van der Waals surface area contributed by atoms with Gasteiger partial charge in [-0.15, -0.1) is 0 Å². The molecule has 4 rings (SSSR count). The molecule has 3 atom stereocenters. The molecular formula is C30H35Cl2N3O5S. The molecule has 0 fully saturated rings. The molecule has 220 valence electrons. The summed E-state index contributed by atoms with van der Waals surface area (Å²) in [5.74, 6) is 0.266. The predicted octanol–water partition coefficient (Wildman–Crippen LogP) is 5.08. The fourth-order valence-corrected chi connectivity index (χ4v) is 6.24. The van der Waals surface area contributed by atoms with Crippen LogP contribution in [-0.2, 0) is 27.8 Å². The molecule has 11 heteroatoms. The average molecular weight is 621 g/mol. The molecule has 0 radical (unpaired) electrons. The lowest BCUT2D eigenvalue weighted by Crippen LogP contribution is -2.47. The van der Waals surface area contributed by atoms with Gasteiger partial charge in [0.15, 0.2) is 0 Å². The molecule has 0 bridgehead atoms. The topological polar surface area (TPSA) is 99.2 Å². The summed E-state index contributed by atoms with van der Waals surface area (Å²) in [4.78, 5) is 17.4. The molecule has 8 nitrogen and oxygen atoms in total. The Kier molecular flexibility index (Phi) is 10.2. The van der Waals surface area contributed by atoms with Crippen molar-refractivity contribution in [3.8, 4) is 5.75 Å². The summed E-state index contributed by atoms with van der Waals surface area (Å²) in [6.45, 7) is 5.19. The lowest BCUT2D eigenvalue weighted by Gasteiger charge is -2.34. The van der Waals surface area contributed by atoms with Crippen molar-refractivity contribution in [2.75, 3.05) is 31.5 Å². The highest BCUT2D eigenvalue weighted by molar-refractivity contribution is 7.92. The number of fused-ring (bicyclic) bond motifs is 1. The number of anilines is 1. The van der Waals surface area contributed by atoms with E-state index in [0.717, 1.165) is 5.56 Å². The van der Waals surface area contributed by atoms with E-state index in [2.05, 4.69) is 9.62 Å². The summed E-state index contributed by atoms with van der Waals surface area (Å²) in [5, 5.41) is 10.9. The molecule has 3 aromatic carbocycles. The number of carbonyl (C=O) groups is 1. The van der Waals surface area contributed by atoms with Crippen LogP contribution in [0.2, 0.25) is 10.0 Å². The highest BCUT2D eigenvalue weighted by atomic mass is 35.5. The van der Waals surface area contributed by atoms with Gasteiger partial charge in [-0.3, -0.25) is 14.4 Å². The van der Waals surface area contributed by atoms with E-state index in [9.17, 15) is 18.3 Å². The largest absolute Gasteiger partial charge is 0.488 e. The first kappa shape index (κ1) is 31.1. The predicted molar refractivity (Wildman–Crippen MR) is 162 cm³/mol. The van der Waals surface area contributed by atoms with Gasteiger partial charge < -0.3 is 14.7 Å². The third kappa shape index (κ3) is 7.93. The van der Waals surface area contributed by atoms with Gasteiger partial charge in [-0.1, -0.05) is 54.4 Å². The van der Waals surface area contributed by atoms with Gasteiger partial charge in [-0.2, -0.15) is 0 Å². The first-order chi connectivity index (χ1) is 19.5. The van der Waals surface area contributed by atoms with E-state index in [0.29, 0.717) is 46.7 Å². The summed E-state index contributed by atoms with van der Waals surface area (Å²) in [6.07, 6.45) is -0.313. The number of likely N-dealkylation sites (N-methyl/N-ethyl adjacent to an activating group) is 1.